The number of nitrogens with zero attached hydrogens (tertiary/aromatic N) is 1. The van der Waals surface area contributed by atoms with Crippen molar-refractivity contribution in [3.8, 4) is 0 Å². The Morgan fingerprint density at radius 1 is 1.47 bits per heavy atom. The topological polar surface area (TPSA) is 51.2 Å². The zero-order valence-electron chi connectivity index (χ0n) is 11.9. The van der Waals surface area contributed by atoms with Crippen LogP contribution in [0.5, 0.6) is 0 Å². The van der Waals surface area contributed by atoms with Gasteiger partial charge in [-0.05, 0) is 30.9 Å². The molecule has 1 amide bonds. The van der Waals surface area contributed by atoms with Crippen LogP contribution in [0.25, 0.3) is 0 Å². The molecule has 2 heterocycles. The highest BCUT2D eigenvalue weighted by molar-refractivity contribution is 5.93. The molecule has 1 fully saturated rings. The van der Waals surface area contributed by atoms with Gasteiger partial charge in [0.2, 0.25) is 5.91 Å². The molecule has 1 aliphatic heterocycles. The van der Waals surface area contributed by atoms with E-state index in [1.807, 2.05) is 39.0 Å². The second kappa shape index (κ2) is 5.70. The number of carbonyl (C=O) groups is 1. The zero-order valence-corrected chi connectivity index (χ0v) is 11.9. The number of aromatic nitrogens is 1. The normalized spacial score (nSPS) is 19.4. The lowest BCUT2D eigenvalue weighted by Crippen LogP contribution is -2.28. The van der Waals surface area contributed by atoms with E-state index >= 15 is 0 Å². The Morgan fingerprint density at radius 3 is 2.89 bits per heavy atom. The van der Waals surface area contributed by atoms with Crippen molar-refractivity contribution < 1.29 is 9.53 Å². The fourth-order valence-electron chi connectivity index (χ4n) is 2.01. The minimum Gasteiger partial charge on any atom is -0.381 e. The maximum Gasteiger partial charge on any atom is 0.230 e. The van der Waals surface area contributed by atoms with Gasteiger partial charge in [-0.3, -0.25) is 4.79 Å². The van der Waals surface area contributed by atoms with Crippen molar-refractivity contribution in [1.82, 2.24) is 4.98 Å². The number of anilines is 1. The van der Waals surface area contributed by atoms with Gasteiger partial charge < -0.3 is 10.1 Å². The van der Waals surface area contributed by atoms with E-state index in [0.29, 0.717) is 11.7 Å². The third-order valence-electron chi connectivity index (χ3n) is 3.25. The van der Waals surface area contributed by atoms with E-state index < -0.39 is 5.41 Å². The molecule has 104 valence electrons. The second-order valence-corrected chi connectivity index (χ2v) is 6.15. The number of nitrogens with one attached hydrogen (secondary N) is 1. The first-order chi connectivity index (χ1) is 8.95. The van der Waals surface area contributed by atoms with Gasteiger partial charge in [0.25, 0.3) is 0 Å². The molecular weight excluding hydrogens is 240 g/mol. The van der Waals surface area contributed by atoms with Crippen LogP contribution in [0.3, 0.4) is 0 Å². The Hall–Kier alpha value is -1.42. The first-order valence-corrected chi connectivity index (χ1v) is 6.80. The van der Waals surface area contributed by atoms with Crippen LogP contribution in [0.15, 0.2) is 18.2 Å². The molecule has 0 aliphatic carbocycles. The fourth-order valence-corrected chi connectivity index (χ4v) is 2.01. The summed E-state index contributed by atoms with van der Waals surface area (Å²) in [6, 6.07) is 5.78. The van der Waals surface area contributed by atoms with E-state index in [2.05, 4.69) is 10.3 Å². The third kappa shape index (κ3) is 4.03. The van der Waals surface area contributed by atoms with Crippen LogP contribution in [0.1, 0.15) is 32.9 Å². The van der Waals surface area contributed by atoms with Gasteiger partial charge in [-0.1, -0.05) is 26.8 Å². The smallest absolute Gasteiger partial charge is 0.230 e. The van der Waals surface area contributed by atoms with Gasteiger partial charge in [-0.15, -0.1) is 0 Å². The van der Waals surface area contributed by atoms with Gasteiger partial charge in [-0.25, -0.2) is 4.98 Å². The van der Waals surface area contributed by atoms with Gasteiger partial charge >= 0.3 is 0 Å². The molecule has 0 bridgehead atoms. The number of pyridine rings is 1. The van der Waals surface area contributed by atoms with Crippen molar-refractivity contribution in [3.63, 3.8) is 0 Å². The summed E-state index contributed by atoms with van der Waals surface area (Å²) >= 11 is 0. The molecule has 19 heavy (non-hydrogen) atoms. The molecule has 0 radical (unpaired) electrons. The quantitative estimate of drug-likeness (QED) is 0.911. The second-order valence-electron chi connectivity index (χ2n) is 6.15. The van der Waals surface area contributed by atoms with Crippen LogP contribution in [-0.2, 0) is 16.0 Å². The van der Waals surface area contributed by atoms with Crippen molar-refractivity contribution in [1.29, 1.82) is 0 Å². The van der Waals surface area contributed by atoms with E-state index in [-0.39, 0.29) is 5.91 Å². The maximum atomic E-state index is 11.9. The fraction of sp³-hybridized carbons (Fsp3) is 0.600. The Morgan fingerprint density at radius 2 is 2.26 bits per heavy atom. The molecule has 4 heteroatoms. The molecule has 1 aromatic heterocycles. The summed E-state index contributed by atoms with van der Waals surface area (Å²) < 4.78 is 5.37. The minimum atomic E-state index is -0.406. The first-order valence-electron chi connectivity index (χ1n) is 6.80. The third-order valence-corrected chi connectivity index (χ3v) is 3.25. The van der Waals surface area contributed by atoms with Gasteiger partial charge in [0.05, 0.1) is 0 Å². The van der Waals surface area contributed by atoms with E-state index in [0.717, 1.165) is 31.7 Å². The number of rotatable bonds is 3. The van der Waals surface area contributed by atoms with Crippen LogP contribution in [0, 0.1) is 11.3 Å². The number of hydrogen-bond acceptors (Lipinski definition) is 3. The highest BCUT2D eigenvalue weighted by Gasteiger charge is 2.22. The predicted octanol–water partition coefficient (Wildman–Crippen LogP) is 2.65. The van der Waals surface area contributed by atoms with E-state index in [4.69, 9.17) is 4.74 Å². The first kappa shape index (κ1) is 14.0. The summed E-state index contributed by atoms with van der Waals surface area (Å²) in [4.78, 5) is 16.4. The summed E-state index contributed by atoms with van der Waals surface area (Å²) in [5.41, 5.74) is 0.610. The molecule has 1 aliphatic rings. The molecular formula is C15H22N2O2. The standard InChI is InChI=1S/C15H22N2O2/c1-15(2,3)14(18)17-13-6-4-5-12(16-13)9-11-7-8-19-10-11/h4-6,11H,7-10H2,1-3H3,(H,16,17,18). The summed E-state index contributed by atoms with van der Waals surface area (Å²) in [6.45, 7) is 7.34. The highest BCUT2D eigenvalue weighted by atomic mass is 16.5. The van der Waals surface area contributed by atoms with Crippen molar-refractivity contribution in [3.05, 3.63) is 23.9 Å². The summed E-state index contributed by atoms with van der Waals surface area (Å²) in [5, 5.41) is 2.87. The molecule has 1 unspecified atom stereocenters. The van der Waals surface area contributed by atoms with Gasteiger partial charge in [0.15, 0.2) is 0 Å². The van der Waals surface area contributed by atoms with Crippen molar-refractivity contribution >= 4 is 11.7 Å². The lowest BCUT2D eigenvalue weighted by atomic mass is 9.96. The molecule has 4 nitrogen and oxygen atoms in total. The molecule has 0 saturated carbocycles. The van der Waals surface area contributed by atoms with Crippen LogP contribution >= 0.6 is 0 Å². The lowest BCUT2D eigenvalue weighted by molar-refractivity contribution is -0.123. The SMILES string of the molecule is CC(C)(C)C(=O)Nc1cccc(CC2CCOC2)n1. The maximum absolute atomic E-state index is 11.9. The van der Waals surface area contributed by atoms with Crippen LogP contribution in [-0.4, -0.2) is 24.1 Å². The Kier molecular flexibility index (Phi) is 4.20. The number of amides is 1. The molecule has 0 aromatic carbocycles. The Balaban J connectivity index is 2.00. The monoisotopic (exact) mass is 262 g/mol. The predicted molar refractivity (Wildman–Crippen MR) is 75.0 cm³/mol. The Bertz CT molecular complexity index is 446. The molecule has 1 saturated heterocycles. The zero-order chi connectivity index (χ0) is 13.9. The lowest BCUT2D eigenvalue weighted by Gasteiger charge is -2.17. The molecule has 1 aromatic rings. The van der Waals surface area contributed by atoms with E-state index in [9.17, 15) is 4.79 Å². The average Bonchev–Trinajstić information content (AvgIpc) is 2.81. The van der Waals surface area contributed by atoms with Crippen LogP contribution in [0.2, 0.25) is 0 Å². The van der Waals surface area contributed by atoms with Gasteiger partial charge in [-0.2, -0.15) is 0 Å². The minimum absolute atomic E-state index is 0.0126. The molecule has 0 spiro atoms. The van der Waals surface area contributed by atoms with Gasteiger partial charge in [0.1, 0.15) is 5.82 Å². The molecule has 2 rings (SSSR count). The number of carbonyl (C=O) groups excluding carboxylic acids is 1. The van der Waals surface area contributed by atoms with Crippen LogP contribution in [0.4, 0.5) is 5.82 Å². The Labute approximate surface area is 114 Å². The highest BCUT2D eigenvalue weighted by Crippen LogP contribution is 2.19. The van der Waals surface area contributed by atoms with Crippen molar-refractivity contribution in [2.24, 2.45) is 11.3 Å². The summed E-state index contributed by atoms with van der Waals surface area (Å²) in [5.74, 6) is 1.18. The van der Waals surface area contributed by atoms with E-state index in [1.54, 1.807) is 0 Å². The summed E-state index contributed by atoms with van der Waals surface area (Å²) in [6.07, 6.45) is 2.01. The average molecular weight is 262 g/mol. The van der Waals surface area contributed by atoms with Gasteiger partial charge in [0, 0.05) is 24.3 Å². The van der Waals surface area contributed by atoms with Crippen LogP contribution < -0.4 is 5.32 Å². The molecule has 1 atom stereocenters. The number of hydrogen-bond donors (Lipinski definition) is 1. The largest absolute Gasteiger partial charge is 0.381 e. The molecule has 1 N–H and O–H groups in total. The van der Waals surface area contributed by atoms with Crippen molar-refractivity contribution in [2.75, 3.05) is 18.5 Å². The van der Waals surface area contributed by atoms with E-state index in [1.165, 1.54) is 0 Å². The van der Waals surface area contributed by atoms with Crippen molar-refractivity contribution in [2.45, 2.75) is 33.6 Å². The number of ether oxygens (including phenoxy) is 1. The summed E-state index contributed by atoms with van der Waals surface area (Å²) in [7, 11) is 0.